The van der Waals surface area contributed by atoms with Crippen molar-refractivity contribution in [1.29, 1.82) is 0 Å². The summed E-state index contributed by atoms with van der Waals surface area (Å²) in [4.78, 5) is 0. The molecule has 1 unspecified atom stereocenters. The maximum Gasteiger partial charge on any atom is 0.277 e. The highest BCUT2D eigenvalue weighted by molar-refractivity contribution is 8.11. The fraction of sp³-hybridized carbons (Fsp3) is 1.00. The van der Waals surface area contributed by atoms with Crippen molar-refractivity contribution >= 4 is 21.9 Å². The highest BCUT2D eigenvalue weighted by Gasteiger charge is 2.33. The summed E-state index contributed by atoms with van der Waals surface area (Å²) in [5, 5.41) is 0. The van der Waals surface area contributed by atoms with Crippen LogP contribution in [0.5, 0.6) is 0 Å². The average Bonchev–Trinajstić information content (AvgIpc) is 2.24. The molecule has 0 radical (unpaired) electrons. The van der Waals surface area contributed by atoms with Gasteiger partial charge in [0, 0.05) is 0 Å². The average molecular weight is 266 g/mol. The molecule has 1 fully saturated rings. The van der Waals surface area contributed by atoms with Crippen LogP contribution in [0.3, 0.4) is 0 Å². The molecule has 1 rings (SSSR count). The lowest BCUT2D eigenvalue weighted by Crippen LogP contribution is -2.28. The zero-order valence-electron chi connectivity index (χ0n) is 9.89. The SMILES string of the molecule is CCCCSC(C1CCCCC1)S(=O)(=O)O. The molecule has 1 saturated carbocycles. The number of hydrogen-bond acceptors (Lipinski definition) is 3. The maximum absolute atomic E-state index is 11.4. The molecule has 0 aromatic heterocycles. The quantitative estimate of drug-likeness (QED) is 0.592. The van der Waals surface area contributed by atoms with Gasteiger partial charge in [-0.25, -0.2) is 0 Å². The molecule has 96 valence electrons. The Morgan fingerprint density at radius 3 is 2.44 bits per heavy atom. The van der Waals surface area contributed by atoms with Crippen LogP contribution < -0.4 is 0 Å². The van der Waals surface area contributed by atoms with Crippen molar-refractivity contribution in [3.8, 4) is 0 Å². The Morgan fingerprint density at radius 1 is 1.31 bits per heavy atom. The van der Waals surface area contributed by atoms with E-state index in [4.69, 9.17) is 0 Å². The molecule has 5 heteroatoms. The largest absolute Gasteiger partial charge is 0.285 e. The maximum atomic E-state index is 11.4. The summed E-state index contributed by atoms with van der Waals surface area (Å²) in [5.41, 5.74) is 0. The summed E-state index contributed by atoms with van der Waals surface area (Å²) >= 11 is 1.42. The molecular formula is C11H22O3S2. The Bertz CT molecular complexity index is 282. The van der Waals surface area contributed by atoms with E-state index in [2.05, 4.69) is 6.92 Å². The van der Waals surface area contributed by atoms with Gasteiger partial charge in [-0.1, -0.05) is 32.6 Å². The predicted molar refractivity (Wildman–Crippen MR) is 69.3 cm³/mol. The Morgan fingerprint density at radius 2 is 1.94 bits per heavy atom. The second kappa shape index (κ2) is 6.87. The van der Waals surface area contributed by atoms with Gasteiger partial charge in [0.05, 0.1) is 0 Å². The van der Waals surface area contributed by atoms with E-state index >= 15 is 0 Å². The molecule has 0 saturated heterocycles. The van der Waals surface area contributed by atoms with E-state index in [0.717, 1.165) is 44.3 Å². The second-order valence-electron chi connectivity index (χ2n) is 4.51. The van der Waals surface area contributed by atoms with Crippen LogP contribution in [0.1, 0.15) is 51.9 Å². The van der Waals surface area contributed by atoms with Gasteiger partial charge >= 0.3 is 0 Å². The van der Waals surface area contributed by atoms with Crippen LogP contribution in [0, 0.1) is 5.92 Å². The van der Waals surface area contributed by atoms with Crippen molar-refractivity contribution < 1.29 is 13.0 Å². The van der Waals surface area contributed by atoms with Gasteiger partial charge in [0.2, 0.25) is 0 Å². The number of rotatable bonds is 6. The first-order valence-electron chi connectivity index (χ1n) is 6.13. The van der Waals surface area contributed by atoms with Gasteiger partial charge in [0.15, 0.2) is 0 Å². The molecule has 16 heavy (non-hydrogen) atoms. The molecular weight excluding hydrogens is 244 g/mol. The summed E-state index contributed by atoms with van der Waals surface area (Å²) in [6.07, 6.45) is 7.39. The minimum Gasteiger partial charge on any atom is -0.285 e. The highest BCUT2D eigenvalue weighted by atomic mass is 32.3. The molecule has 0 bridgehead atoms. The minimum absolute atomic E-state index is 0.158. The van der Waals surface area contributed by atoms with Crippen molar-refractivity contribution in [3.05, 3.63) is 0 Å². The highest BCUT2D eigenvalue weighted by Crippen LogP contribution is 2.35. The predicted octanol–water partition coefficient (Wildman–Crippen LogP) is 3.31. The fourth-order valence-corrected chi connectivity index (χ4v) is 5.18. The molecule has 0 aromatic carbocycles. The van der Waals surface area contributed by atoms with Crippen molar-refractivity contribution in [1.82, 2.24) is 0 Å². The van der Waals surface area contributed by atoms with Gasteiger partial charge in [-0.05, 0) is 30.9 Å². The lowest BCUT2D eigenvalue weighted by atomic mass is 9.91. The van der Waals surface area contributed by atoms with Crippen LogP contribution in [-0.2, 0) is 10.1 Å². The standard InChI is InChI=1S/C11H22O3S2/c1-2-3-9-15-11(16(12,13)14)10-7-5-4-6-8-10/h10-11H,2-9H2,1H3,(H,12,13,14). The Labute approximate surface area is 103 Å². The summed E-state index contributed by atoms with van der Waals surface area (Å²) in [6.45, 7) is 2.09. The molecule has 3 nitrogen and oxygen atoms in total. The fourth-order valence-electron chi connectivity index (χ4n) is 2.22. The third kappa shape index (κ3) is 4.63. The van der Waals surface area contributed by atoms with Gasteiger partial charge in [-0.15, -0.1) is 11.8 Å². The Kier molecular flexibility index (Phi) is 6.15. The number of hydrogen-bond donors (Lipinski definition) is 1. The van der Waals surface area contributed by atoms with E-state index in [1.54, 1.807) is 0 Å². The Balaban J connectivity index is 2.55. The molecule has 1 atom stereocenters. The third-order valence-electron chi connectivity index (χ3n) is 3.11. The van der Waals surface area contributed by atoms with Crippen molar-refractivity contribution in [2.24, 2.45) is 5.92 Å². The zero-order valence-corrected chi connectivity index (χ0v) is 11.5. The van der Waals surface area contributed by atoms with E-state index < -0.39 is 14.7 Å². The van der Waals surface area contributed by atoms with Crippen LogP contribution in [-0.4, -0.2) is 23.3 Å². The van der Waals surface area contributed by atoms with Gasteiger partial charge in [-0.2, -0.15) is 8.42 Å². The topological polar surface area (TPSA) is 54.4 Å². The number of thioether (sulfide) groups is 1. The Hall–Kier alpha value is 0.260. The second-order valence-corrected chi connectivity index (χ2v) is 7.59. The van der Waals surface area contributed by atoms with Crippen LogP contribution in [0.2, 0.25) is 0 Å². The number of unbranched alkanes of at least 4 members (excludes halogenated alkanes) is 1. The first-order valence-corrected chi connectivity index (χ1v) is 8.68. The first kappa shape index (κ1) is 14.3. The summed E-state index contributed by atoms with van der Waals surface area (Å²) < 4.78 is 31.4. The van der Waals surface area contributed by atoms with Gasteiger partial charge < -0.3 is 0 Å². The molecule has 0 aliphatic heterocycles. The lowest BCUT2D eigenvalue weighted by molar-refractivity contribution is 0.362. The third-order valence-corrected chi connectivity index (χ3v) is 6.46. The van der Waals surface area contributed by atoms with Crippen LogP contribution in [0.15, 0.2) is 0 Å². The first-order chi connectivity index (χ1) is 7.55. The summed E-state index contributed by atoms with van der Waals surface area (Å²) in [5.74, 6) is 0.989. The van der Waals surface area contributed by atoms with Crippen LogP contribution in [0.4, 0.5) is 0 Å². The van der Waals surface area contributed by atoms with E-state index in [9.17, 15) is 13.0 Å². The molecule has 1 N–H and O–H groups in total. The molecule has 0 aromatic rings. The minimum atomic E-state index is -3.88. The van der Waals surface area contributed by atoms with Crippen LogP contribution in [0.25, 0.3) is 0 Å². The van der Waals surface area contributed by atoms with Crippen LogP contribution >= 0.6 is 11.8 Å². The normalized spacial score (nSPS) is 20.9. The van der Waals surface area contributed by atoms with Gasteiger partial charge in [-0.3, -0.25) is 4.55 Å². The van der Waals surface area contributed by atoms with E-state index in [1.807, 2.05) is 0 Å². The summed E-state index contributed by atoms with van der Waals surface area (Å²) in [6, 6.07) is 0. The zero-order chi connectivity index (χ0) is 12.0. The van der Waals surface area contributed by atoms with Crippen molar-refractivity contribution in [3.63, 3.8) is 0 Å². The van der Waals surface area contributed by atoms with Crippen molar-refractivity contribution in [2.45, 2.75) is 56.5 Å². The monoisotopic (exact) mass is 266 g/mol. The molecule has 0 heterocycles. The molecule has 0 spiro atoms. The van der Waals surface area contributed by atoms with E-state index in [-0.39, 0.29) is 5.92 Å². The van der Waals surface area contributed by atoms with E-state index in [1.165, 1.54) is 18.2 Å². The molecule has 0 amide bonds. The smallest absolute Gasteiger partial charge is 0.277 e. The molecule has 1 aliphatic rings. The van der Waals surface area contributed by atoms with Gasteiger partial charge in [0.25, 0.3) is 10.1 Å². The molecule has 1 aliphatic carbocycles. The van der Waals surface area contributed by atoms with Crippen molar-refractivity contribution in [2.75, 3.05) is 5.75 Å². The summed E-state index contributed by atoms with van der Waals surface area (Å²) in [7, 11) is -3.88. The van der Waals surface area contributed by atoms with E-state index in [0.29, 0.717) is 0 Å². The van der Waals surface area contributed by atoms with Gasteiger partial charge in [0.1, 0.15) is 4.58 Å². The lowest BCUT2D eigenvalue weighted by Gasteiger charge is -2.27.